The van der Waals surface area contributed by atoms with E-state index in [1.807, 2.05) is 19.1 Å². The number of nitriles is 1. The normalized spacial score (nSPS) is 13.6. The molecule has 0 fully saturated rings. The third-order valence-corrected chi connectivity index (χ3v) is 3.10. The number of amides is 1. The predicted molar refractivity (Wildman–Crippen MR) is 70.9 cm³/mol. The van der Waals surface area contributed by atoms with Crippen LogP contribution in [-0.2, 0) is 0 Å². The molecule has 0 saturated heterocycles. The molecule has 1 N–H and O–H groups in total. The second-order valence-corrected chi connectivity index (χ2v) is 5.01. The van der Waals surface area contributed by atoms with E-state index in [-0.39, 0.29) is 5.91 Å². The van der Waals surface area contributed by atoms with Gasteiger partial charge in [0.1, 0.15) is 5.54 Å². The van der Waals surface area contributed by atoms with Gasteiger partial charge in [0.05, 0.1) is 6.07 Å². The van der Waals surface area contributed by atoms with Gasteiger partial charge in [-0.2, -0.15) is 5.26 Å². The zero-order valence-corrected chi connectivity index (χ0v) is 11.4. The lowest BCUT2D eigenvalue weighted by atomic mass is 10.0. The Labute approximate surface area is 109 Å². The van der Waals surface area contributed by atoms with Crippen LogP contribution < -0.4 is 5.32 Å². The van der Waals surface area contributed by atoms with Crippen molar-refractivity contribution in [3.05, 3.63) is 33.4 Å². The molecule has 4 heteroatoms. The summed E-state index contributed by atoms with van der Waals surface area (Å²) in [5.41, 5.74) is -0.208. The van der Waals surface area contributed by atoms with Crippen molar-refractivity contribution in [2.45, 2.75) is 25.8 Å². The Bertz CT molecular complexity index is 439. The van der Waals surface area contributed by atoms with E-state index in [0.717, 1.165) is 3.57 Å². The summed E-state index contributed by atoms with van der Waals surface area (Å²) in [5.74, 6) is -0.204. The second-order valence-electron chi connectivity index (χ2n) is 3.76. The van der Waals surface area contributed by atoms with Crippen molar-refractivity contribution >= 4 is 28.5 Å². The summed E-state index contributed by atoms with van der Waals surface area (Å²) in [4.78, 5) is 11.9. The first-order valence-corrected chi connectivity index (χ1v) is 6.08. The molecule has 84 valence electrons. The van der Waals surface area contributed by atoms with Gasteiger partial charge in [0.15, 0.2) is 0 Å². The van der Waals surface area contributed by atoms with Crippen LogP contribution >= 0.6 is 22.6 Å². The monoisotopic (exact) mass is 328 g/mol. The fourth-order valence-electron chi connectivity index (χ4n) is 1.15. The lowest BCUT2D eigenvalue weighted by molar-refractivity contribution is 0.0923. The van der Waals surface area contributed by atoms with Crippen molar-refractivity contribution in [2.24, 2.45) is 0 Å². The number of carbonyl (C=O) groups is 1. The highest BCUT2D eigenvalue weighted by atomic mass is 127. The Balaban J connectivity index is 2.85. The molecule has 0 aliphatic carbocycles. The van der Waals surface area contributed by atoms with Gasteiger partial charge in [0.25, 0.3) is 5.91 Å². The van der Waals surface area contributed by atoms with E-state index in [1.165, 1.54) is 0 Å². The van der Waals surface area contributed by atoms with Crippen molar-refractivity contribution < 1.29 is 4.79 Å². The van der Waals surface area contributed by atoms with Crippen LogP contribution in [-0.4, -0.2) is 11.4 Å². The van der Waals surface area contributed by atoms with Crippen LogP contribution in [0, 0.1) is 14.9 Å². The average molecular weight is 328 g/mol. The minimum absolute atomic E-state index is 0.204. The van der Waals surface area contributed by atoms with E-state index in [9.17, 15) is 4.79 Å². The maximum Gasteiger partial charge on any atom is 0.252 e. The summed E-state index contributed by atoms with van der Waals surface area (Å²) in [6.07, 6.45) is 0.583. The fourth-order valence-corrected chi connectivity index (χ4v) is 1.69. The van der Waals surface area contributed by atoms with Gasteiger partial charge in [-0.25, -0.2) is 0 Å². The number of hydrogen-bond donors (Lipinski definition) is 1. The Morgan fingerprint density at radius 2 is 2.31 bits per heavy atom. The Morgan fingerprint density at radius 3 is 2.81 bits per heavy atom. The quantitative estimate of drug-likeness (QED) is 0.868. The molecule has 1 aromatic carbocycles. The number of rotatable bonds is 3. The molecule has 3 nitrogen and oxygen atoms in total. The first-order chi connectivity index (χ1) is 7.50. The average Bonchev–Trinajstić information content (AvgIpc) is 2.29. The van der Waals surface area contributed by atoms with E-state index in [0.29, 0.717) is 12.0 Å². The number of nitrogens with one attached hydrogen (secondary N) is 1. The first kappa shape index (κ1) is 13.0. The zero-order valence-electron chi connectivity index (χ0n) is 9.25. The van der Waals surface area contributed by atoms with Gasteiger partial charge in [-0.3, -0.25) is 4.79 Å². The zero-order chi connectivity index (χ0) is 12.2. The smallest absolute Gasteiger partial charge is 0.252 e. The highest BCUT2D eigenvalue weighted by molar-refractivity contribution is 14.1. The van der Waals surface area contributed by atoms with Crippen LogP contribution in [0.25, 0.3) is 0 Å². The number of benzene rings is 1. The summed E-state index contributed by atoms with van der Waals surface area (Å²) in [5, 5.41) is 11.7. The van der Waals surface area contributed by atoms with Gasteiger partial charge in [0.2, 0.25) is 0 Å². The molecule has 1 atom stereocenters. The van der Waals surface area contributed by atoms with Crippen LogP contribution in [0.4, 0.5) is 0 Å². The van der Waals surface area contributed by atoms with Crippen molar-refractivity contribution in [2.75, 3.05) is 0 Å². The number of nitrogens with zero attached hydrogens (tertiary/aromatic N) is 1. The van der Waals surface area contributed by atoms with Crippen molar-refractivity contribution in [3.63, 3.8) is 0 Å². The summed E-state index contributed by atoms with van der Waals surface area (Å²) in [6, 6.07) is 9.39. The van der Waals surface area contributed by atoms with Gasteiger partial charge in [-0.05, 0) is 54.1 Å². The molecule has 1 rings (SSSR count). The van der Waals surface area contributed by atoms with Crippen LogP contribution in [0.1, 0.15) is 30.6 Å². The Morgan fingerprint density at radius 1 is 1.62 bits per heavy atom. The van der Waals surface area contributed by atoms with Crippen LogP contribution in [0.3, 0.4) is 0 Å². The third-order valence-electron chi connectivity index (χ3n) is 2.43. The highest BCUT2D eigenvalue weighted by Gasteiger charge is 2.24. The SMILES string of the molecule is CCC(C)(C#N)NC(=O)c1cccc(I)c1. The topological polar surface area (TPSA) is 52.9 Å². The largest absolute Gasteiger partial charge is 0.334 e. The molecular formula is C12H13IN2O. The summed E-state index contributed by atoms with van der Waals surface area (Å²) >= 11 is 2.15. The highest BCUT2D eigenvalue weighted by Crippen LogP contribution is 2.11. The first-order valence-electron chi connectivity index (χ1n) is 5.00. The third kappa shape index (κ3) is 3.20. The molecular weight excluding hydrogens is 315 g/mol. The molecule has 0 bridgehead atoms. The molecule has 0 heterocycles. The lowest BCUT2D eigenvalue weighted by Crippen LogP contribution is -2.44. The van der Waals surface area contributed by atoms with Crippen LogP contribution in [0.15, 0.2) is 24.3 Å². The number of hydrogen-bond acceptors (Lipinski definition) is 2. The van der Waals surface area contributed by atoms with E-state index in [2.05, 4.69) is 34.0 Å². The summed E-state index contributed by atoms with van der Waals surface area (Å²) in [7, 11) is 0. The van der Waals surface area contributed by atoms with Crippen molar-refractivity contribution in [3.8, 4) is 6.07 Å². The molecule has 0 aliphatic heterocycles. The molecule has 0 aliphatic rings. The summed E-state index contributed by atoms with van der Waals surface area (Å²) in [6.45, 7) is 3.59. The molecule has 1 aromatic rings. The standard InChI is InChI=1S/C12H13IN2O/c1-3-12(2,8-14)15-11(16)9-5-4-6-10(13)7-9/h4-7H,3H2,1-2H3,(H,15,16). The minimum Gasteiger partial charge on any atom is -0.334 e. The Kier molecular flexibility index (Phi) is 4.30. The van der Waals surface area contributed by atoms with E-state index in [4.69, 9.17) is 5.26 Å². The molecule has 1 unspecified atom stereocenters. The van der Waals surface area contributed by atoms with Crippen LogP contribution in [0.5, 0.6) is 0 Å². The maximum atomic E-state index is 11.9. The van der Waals surface area contributed by atoms with E-state index < -0.39 is 5.54 Å². The Hall–Kier alpha value is -1.09. The number of halogens is 1. The molecule has 0 saturated carbocycles. The molecule has 0 spiro atoms. The van der Waals surface area contributed by atoms with Crippen LogP contribution in [0.2, 0.25) is 0 Å². The van der Waals surface area contributed by atoms with E-state index >= 15 is 0 Å². The van der Waals surface area contributed by atoms with Gasteiger partial charge in [0, 0.05) is 9.13 Å². The molecule has 16 heavy (non-hydrogen) atoms. The van der Waals surface area contributed by atoms with Gasteiger partial charge >= 0.3 is 0 Å². The van der Waals surface area contributed by atoms with E-state index in [1.54, 1.807) is 19.1 Å². The van der Waals surface area contributed by atoms with Gasteiger partial charge in [-0.15, -0.1) is 0 Å². The minimum atomic E-state index is -0.793. The summed E-state index contributed by atoms with van der Waals surface area (Å²) < 4.78 is 1.00. The lowest BCUT2D eigenvalue weighted by Gasteiger charge is -2.21. The molecule has 0 aromatic heterocycles. The van der Waals surface area contributed by atoms with Gasteiger partial charge in [-0.1, -0.05) is 13.0 Å². The molecule has 0 radical (unpaired) electrons. The number of carbonyl (C=O) groups excluding carboxylic acids is 1. The van der Waals surface area contributed by atoms with Gasteiger partial charge < -0.3 is 5.32 Å². The van der Waals surface area contributed by atoms with Crippen molar-refractivity contribution in [1.29, 1.82) is 5.26 Å². The maximum absolute atomic E-state index is 11.9. The predicted octanol–water partition coefficient (Wildman–Crippen LogP) is 2.71. The molecule has 1 amide bonds. The second kappa shape index (κ2) is 5.30. The van der Waals surface area contributed by atoms with Crippen molar-refractivity contribution in [1.82, 2.24) is 5.32 Å². The fraction of sp³-hybridized carbons (Fsp3) is 0.333.